The zero-order chi connectivity index (χ0) is 11.2. The highest BCUT2D eigenvalue weighted by Crippen LogP contribution is 2.30. The maximum absolute atomic E-state index is 4.60. The van der Waals surface area contributed by atoms with E-state index in [0.29, 0.717) is 0 Å². The molecule has 3 heteroatoms. The molecule has 0 aliphatic carbocycles. The van der Waals surface area contributed by atoms with Crippen molar-refractivity contribution in [3.63, 3.8) is 0 Å². The molecule has 2 heterocycles. The summed E-state index contributed by atoms with van der Waals surface area (Å²) in [6.07, 6.45) is 0. The number of nitrogens with one attached hydrogen (secondary N) is 1. The van der Waals surface area contributed by atoms with Gasteiger partial charge in [0.2, 0.25) is 5.95 Å². The van der Waals surface area contributed by atoms with Crippen LogP contribution in [0.3, 0.4) is 0 Å². The Bertz CT molecular complexity index is 712. The second-order valence-corrected chi connectivity index (χ2v) is 4.24. The van der Waals surface area contributed by atoms with Crippen molar-refractivity contribution in [3.05, 3.63) is 54.1 Å². The predicted molar refractivity (Wildman–Crippen MR) is 68.4 cm³/mol. The van der Waals surface area contributed by atoms with Crippen LogP contribution in [0.15, 0.2) is 48.5 Å². The summed E-state index contributed by atoms with van der Waals surface area (Å²) in [5.41, 5.74) is 4.73. The van der Waals surface area contributed by atoms with Crippen LogP contribution in [0.25, 0.3) is 16.7 Å². The Morgan fingerprint density at radius 2 is 1.82 bits per heavy atom. The third-order valence-corrected chi connectivity index (χ3v) is 3.23. The van der Waals surface area contributed by atoms with Gasteiger partial charge in [-0.1, -0.05) is 30.3 Å². The van der Waals surface area contributed by atoms with E-state index in [2.05, 4.69) is 51.3 Å². The first-order valence-corrected chi connectivity index (χ1v) is 5.73. The number of imidazole rings is 1. The van der Waals surface area contributed by atoms with Crippen LogP contribution in [0.1, 0.15) is 5.56 Å². The molecule has 4 rings (SSSR count). The number of nitrogens with zero attached hydrogens (tertiary/aromatic N) is 2. The number of benzene rings is 2. The minimum Gasteiger partial charge on any atom is -0.351 e. The van der Waals surface area contributed by atoms with Gasteiger partial charge in [0.1, 0.15) is 0 Å². The molecule has 0 saturated carbocycles. The zero-order valence-corrected chi connectivity index (χ0v) is 9.22. The molecule has 0 bridgehead atoms. The van der Waals surface area contributed by atoms with Crippen molar-refractivity contribution in [1.29, 1.82) is 0 Å². The Balaban J connectivity index is 2.14. The van der Waals surface area contributed by atoms with E-state index in [4.69, 9.17) is 0 Å². The summed E-state index contributed by atoms with van der Waals surface area (Å²) in [4.78, 5) is 4.60. The van der Waals surface area contributed by atoms with Gasteiger partial charge in [-0.2, -0.15) is 0 Å². The fraction of sp³-hybridized carbons (Fsp3) is 0.0714. The molecule has 2 aromatic carbocycles. The molecule has 0 amide bonds. The Morgan fingerprint density at radius 3 is 2.82 bits per heavy atom. The fourth-order valence-electron chi connectivity index (χ4n) is 2.44. The Hall–Kier alpha value is -2.29. The Kier molecular flexibility index (Phi) is 1.61. The first kappa shape index (κ1) is 8.82. The summed E-state index contributed by atoms with van der Waals surface area (Å²) in [5.74, 6) is 0.935. The standard InChI is InChI=1S/C14H11N3/c1-3-7-12-10(5-1)9-15-14-16-11-6-2-4-8-13(11)17(12)14/h1-8H,9H2,(H,15,16). The molecular formula is C14H11N3. The number of hydrogen-bond acceptors (Lipinski definition) is 2. The highest BCUT2D eigenvalue weighted by molar-refractivity contribution is 5.82. The van der Waals surface area contributed by atoms with Crippen LogP contribution in [0.4, 0.5) is 5.95 Å². The SMILES string of the molecule is c1ccc2c(c1)CNc1nc3ccccc3n1-2. The molecule has 17 heavy (non-hydrogen) atoms. The van der Waals surface area contributed by atoms with Gasteiger partial charge < -0.3 is 5.32 Å². The van der Waals surface area contributed by atoms with Crippen LogP contribution in [0, 0.1) is 0 Å². The Morgan fingerprint density at radius 1 is 1.00 bits per heavy atom. The van der Waals surface area contributed by atoms with E-state index in [9.17, 15) is 0 Å². The summed E-state index contributed by atoms with van der Waals surface area (Å²) in [6.45, 7) is 0.847. The summed E-state index contributed by atoms with van der Waals surface area (Å²) in [7, 11) is 0. The minimum absolute atomic E-state index is 0.847. The van der Waals surface area contributed by atoms with E-state index in [1.54, 1.807) is 0 Å². The van der Waals surface area contributed by atoms with E-state index >= 15 is 0 Å². The second kappa shape index (κ2) is 3.10. The van der Waals surface area contributed by atoms with Crippen molar-refractivity contribution in [2.24, 2.45) is 0 Å². The van der Waals surface area contributed by atoms with Crippen molar-refractivity contribution < 1.29 is 0 Å². The van der Waals surface area contributed by atoms with Crippen molar-refractivity contribution in [2.75, 3.05) is 5.32 Å². The van der Waals surface area contributed by atoms with E-state index in [1.807, 2.05) is 12.1 Å². The van der Waals surface area contributed by atoms with Crippen molar-refractivity contribution in [1.82, 2.24) is 9.55 Å². The van der Waals surface area contributed by atoms with Gasteiger partial charge in [0.15, 0.2) is 0 Å². The van der Waals surface area contributed by atoms with E-state index in [0.717, 1.165) is 23.5 Å². The Labute approximate surface area is 98.7 Å². The molecule has 0 saturated heterocycles. The summed E-state index contributed by atoms with van der Waals surface area (Å²) in [5, 5.41) is 3.36. The van der Waals surface area contributed by atoms with E-state index in [-0.39, 0.29) is 0 Å². The van der Waals surface area contributed by atoms with Gasteiger partial charge in [-0.3, -0.25) is 4.57 Å². The fourth-order valence-corrected chi connectivity index (χ4v) is 2.44. The first-order valence-electron chi connectivity index (χ1n) is 5.73. The quantitative estimate of drug-likeness (QED) is 0.632. The van der Waals surface area contributed by atoms with Gasteiger partial charge >= 0.3 is 0 Å². The lowest BCUT2D eigenvalue weighted by Gasteiger charge is -2.20. The highest BCUT2D eigenvalue weighted by Gasteiger charge is 2.18. The summed E-state index contributed by atoms with van der Waals surface area (Å²) in [6, 6.07) is 16.7. The van der Waals surface area contributed by atoms with Crippen LogP contribution in [0.5, 0.6) is 0 Å². The van der Waals surface area contributed by atoms with Crippen molar-refractivity contribution in [3.8, 4) is 5.69 Å². The molecule has 1 aliphatic rings. The van der Waals surface area contributed by atoms with Crippen LogP contribution in [-0.4, -0.2) is 9.55 Å². The smallest absolute Gasteiger partial charge is 0.208 e. The summed E-state index contributed by atoms with van der Waals surface area (Å²) >= 11 is 0. The topological polar surface area (TPSA) is 29.9 Å². The molecule has 3 aromatic rings. The molecule has 3 nitrogen and oxygen atoms in total. The number of aromatic nitrogens is 2. The van der Waals surface area contributed by atoms with Gasteiger partial charge in [-0.05, 0) is 23.8 Å². The number of rotatable bonds is 0. The van der Waals surface area contributed by atoms with Gasteiger partial charge in [0, 0.05) is 6.54 Å². The number of hydrogen-bond donors (Lipinski definition) is 1. The van der Waals surface area contributed by atoms with Gasteiger partial charge in [-0.25, -0.2) is 4.98 Å². The van der Waals surface area contributed by atoms with Crippen LogP contribution in [0.2, 0.25) is 0 Å². The number of fused-ring (bicyclic) bond motifs is 5. The van der Waals surface area contributed by atoms with Crippen molar-refractivity contribution >= 4 is 17.0 Å². The molecule has 0 spiro atoms. The lowest BCUT2D eigenvalue weighted by Crippen LogP contribution is -2.14. The largest absolute Gasteiger partial charge is 0.351 e. The molecule has 1 N–H and O–H groups in total. The van der Waals surface area contributed by atoms with Crippen LogP contribution < -0.4 is 5.32 Å². The lowest BCUT2D eigenvalue weighted by molar-refractivity contribution is 0.951. The highest BCUT2D eigenvalue weighted by atomic mass is 15.2. The van der Waals surface area contributed by atoms with Gasteiger partial charge in [-0.15, -0.1) is 0 Å². The van der Waals surface area contributed by atoms with Gasteiger partial charge in [0.25, 0.3) is 0 Å². The molecule has 0 atom stereocenters. The van der Waals surface area contributed by atoms with Gasteiger partial charge in [0.05, 0.1) is 16.7 Å². The number of anilines is 1. The van der Waals surface area contributed by atoms with Crippen molar-refractivity contribution in [2.45, 2.75) is 6.54 Å². The molecule has 0 fully saturated rings. The van der Waals surface area contributed by atoms with Crippen LogP contribution in [-0.2, 0) is 6.54 Å². The van der Waals surface area contributed by atoms with Crippen LogP contribution >= 0.6 is 0 Å². The van der Waals surface area contributed by atoms with E-state index in [1.165, 1.54) is 11.3 Å². The maximum Gasteiger partial charge on any atom is 0.208 e. The van der Waals surface area contributed by atoms with E-state index < -0.39 is 0 Å². The normalized spacial score (nSPS) is 12.9. The third-order valence-electron chi connectivity index (χ3n) is 3.23. The molecular weight excluding hydrogens is 210 g/mol. The molecule has 82 valence electrons. The predicted octanol–water partition coefficient (Wildman–Crippen LogP) is 2.95. The number of para-hydroxylation sites is 3. The lowest BCUT2D eigenvalue weighted by atomic mass is 10.1. The monoisotopic (exact) mass is 221 g/mol. The average Bonchev–Trinajstić information content (AvgIpc) is 2.77. The second-order valence-electron chi connectivity index (χ2n) is 4.24. The molecule has 1 aromatic heterocycles. The molecule has 0 radical (unpaired) electrons. The zero-order valence-electron chi connectivity index (χ0n) is 9.22. The first-order chi connectivity index (χ1) is 8.43. The average molecular weight is 221 g/mol. The third kappa shape index (κ3) is 1.13. The molecule has 1 aliphatic heterocycles. The maximum atomic E-state index is 4.60. The molecule has 0 unspecified atom stereocenters. The minimum atomic E-state index is 0.847. The summed E-state index contributed by atoms with van der Waals surface area (Å²) < 4.78 is 2.19.